The lowest BCUT2D eigenvalue weighted by atomic mass is 9.82. The molecule has 1 saturated carbocycles. The Balaban J connectivity index is 1.14. The summed E-state index contributed by atoms with van der Waals surface area (Å²) in [5.41, 5.74) is 10.7. The van der Waals surface area contributed by atoms with E-state index < -0.39 is 29.5 Å². The van der Waals surface area contributed by atoms with Crippen molar-refractivity contribution in [3.8, 4) is 22.5 Å². The SMILES string of the molecule is CO[C@@H](C)c1ncc(N2CCN(C)CC2)cc1-c1c2c3cc(ccc3n1CCOC1CCOCC1)-c1csc(n1)[C@@H](N1CC(C)(C)C1)[C@H](NC(=O)C1[C@@H](C)[C@H]1C)C(=O)N1CCC[C@H](N1)C(=O)OCC(C)(C)C2. The Kier molecular flexibility index (Phi) is 14.6. The summed E-state index contributed by atoms with van der Waals surface area (Å²) in [7, 11) is 3.91. The normalized spacial score (nSPS) is 27.8. The first-order valence-corrected chi connectivity index (χ1v) is 27.4. The molecule has 1 unspecified atom stereocenters. The number of fused-ring (bicyclic) bond motifs is 6. The molecule has 17 heteroatoms. The van der Waals surface area contributed by atoms with Gasteiger partial charge in [-0.25, -0.2) is 10.4 Å². The van der Waals surface area contributed by atoms with Gasteiger partial charge in [0.15, 0.2) is 0 Å². The molecule has 3 aromatic heterocycles. The monoisotopic (exact) mass is 1010 g/mol. The number of anilines is 1. The number of methoxy groups -OCH3 is 1. The van der Waals surface area contributed by atoms with Crippen LogP contribution in [0.5, 0.6) is 0 Å². The molecule has 0 spiro atoms. The number of carbonyl (C=O) groups excluding carboxylic acids is 3. The highest BCUT2D eigenvalue weighted by atomic mass is 32.1. The summed E-state index contributed by atoms with van der Waals surface area (Å²) in [4.78, 5) is 61.3. The lowest BCUT2D eigenvalue weighted by molar-refractivity contribution is -0.156. The molecule has 0 radical (unpaired) electrons. The maximum atomic E-state index is 15.1. The number of hydrogen-bond donors (Lipinski definition) is 2. The zero-order chi connectivity index (χ0) is 50.6. The molecule has 5 aliphatic heterocycles. The first-order valence-electron chi connectivity index (χ1n) is 26.5. The van der Waals surface area contributed by atoms with Crippen molar-refractivity contribution < 1.29 is 33.3 Å². The number of benzene rings is 1. The Morgan fingerprint density at radius 1 is 1.00 bits per heavy atom. The van der Waals surface area contributed by atoms with E-state index in [1.54, 1.807) is 12.1 Å². The van der Waals surface area contributed by atoms with Crippen molar-refractivity contribution in [1.82, 2.24) is 40.1 Å². The second-order valence-electron chi connectivity index (χ2n) is 23.3. The van der Waals surface area contributed by atoms with Crippen molar-refractivity contribution in [1.29, 1.82) is 0 Å². The van der Waals surface area contributed by atoms with Crippen molar-refractivity contribution in [3.05, 3.63) is 52.1 Å². The molecule has 10 rings (SSSR count). The van der Waals surface area contributed by atoms with Gasteiger partial charge in [-0.05, 0) is 87.1 Å². The Labute approximate surface area is 429 Å². The smallest absolute Gasteiger partial charge is 0.324 e. The van der Waals surface area contributed by atoms with Crippen LogP contribution in [0.15, 0.2) is 35.8 Å². The summed E-state index contributed by atoms with van der Waals surface area (Å²) in [6, 6.07) is 6.75. The van der Waals surface area contributed by atoms with Crippen LogP contribution in [0, 0.1) is 28.6 Å². The zero-order valence-corrected chi connectivity index (χ0v) is 44.8. The van der Waals surface area contributed by atoms with Gasteiger partial charge in [0.1, 0.15) is 17.1 Å². The average Bonchev–Trinajstić information content (AvgIpc) is 3.61. The number of cyclic esters (lactones) is 1. The van der Waals surface area contributed by atoms with Gasteiger partial charge in [-0.15, -0.1) is 11.3 Å². The number of hydrazine groups is 1. The van der Waals surface area contributed by atoms with Crippen LogP contribution in [0.3, 0.4) is 0 Å². The van der Waals surface area contributed by atoms with Crippen molar-refractivity contribution in [2.75, 3.05) is 91.3 Å². The van der Waals surface area contributed by atoms with Gasteiger partial charge in [0.25, 0.3) is 5.91 Å². The first-order chi connectivity index (χ1) is 34.5. The summed E-state index contributed by atoms with van der Waals surface area (Å²) in [5, 5.41) is 8.79. The van der Waals surface area contributed by atoms with Crippen LogP contribution < -0.4 is 15.6 Å². The summed E-state index contributed by atoms with van der Waals surface area (Å²) < 4.78 is 27.2. The van der Waals surface area contributed by atoms with E-state index in [0.717, 1.165) is 107 Å². The minimum atomic E-state index is -0.944. The number of hydrogen-bond acceptors (Lipinski definition) is 14. The van der Waals surface area contributed by atoms with E-state index in [9.17, 15) is 9.59 Å². The topological polar surface area (TPSA) is 156 Å². The van der Waals surface area contributed by atoms with E-state index in [2.05, 4.69) is 115 Å². The maximum Gasteiger partial charge on any atom is 0.324 e. The number of likely N-dealkylation sites (N-methyl/N-ethyl adjacent to an activating group) is 1. The Morgan fingerprint density at radius 3 is 2.46 bits per heavy atom. The van der Waals surface area contributed by atoms with Gasteiger partial charge in [-0.3, -0.25) is 29.3 Å². The Hall–Kier alpha value is -4.49. The highest BCUT2D eigenvalue weighted by molar-refractivity contribution is 7.10. The fourth-order valence-corrected chi connectivity index (χ4v) is 12.9. The molecular formula is C55H77N9O7S. The molecule has 1 aliphatic carbocycles. The van der Waals surface area contributed by atoms with Gasteiger partial charge < -0.3 is 38.6 Å². The van der Waals surface area contributed by atoms with Crippen LogP contribution in [-0.2, 0) is 46.3 Å². The van der Waals surface area contributed by atoms with Crippen LogP contribution in [0.2, 0.25) is 0 Å². The van der Waals surface area contributed by atoms with Gasteiger partial charge in [0.2, 0.25) is 5.91 Å². The summed E-state index contributed by atoms with van der Waals surface area (Å²) in [5.74, 6) is -0.503. The zero-order valence-electron chi connectivity index (χ0n) is 44.0. The lowest BCUT2D eigenvalue weighted by Gasteiger charge is -2.51. The number of nitrogens with one attached hydrogen (secondary N) is 2. The molecule has 8 heterocycles. The number of aromatic nitrogens is 3. The highest BCUT2D eigenvalue weighted by Crippen LogP contribution is 2.47. The predicted octanol–water partition coefficient (Wildman–Crippen LogP) is 6.87. The van der Waals surface area contributed by atoms with E-state index >= 15 is 4.79 Å². The molecule has 6 bridgehead atoms. The van der Waals surface area contributed by atoms with Crippen LogP contribution >= 0.6 is 11.3 Å². The second-order valence-corrected chi connectivity index (χ2v) is 24.2. The molecule has 390 valence electrons. The van der Waals surface area contributed by atoms with Crippen LogP contribution in [0.25, 0.3) is 33.4 Å². The number of piperazine rings is 1. The molecule has 2 amide bonds. The molecule has 6 aliphatic rings. The fraction of sp³-hybridized carbons (Fsp3) is 0.655. The third kappa shape index (κ3) is 10.5. The third-order valence-corrected chi connectivity index (χ3v) is 17.4. The van der Waals surface area contributed by atoms with E-state index in [0.29, 0.717) is 52.2 Å². The van der Waals surface area contributed by atoms with Gasteiger partial charge in [0.05, 0.1) is 60.4 Å². The van der Waals surface area contributed by atoms with Crippen LogP contribution in [0.4, 0.5) is 5.69 Å². The van der Waals surface area contributed by atoms with Gasteiger partial charge in [-0.2, -0.15) is 0 Å². The second kappa shape index (κ2) is 20.7. The number of pyridine rings is 1. The predicted molar refractivity (Wildman–Crippen MR) is 279 cm³/mol. The van der Waals surface area contributed by atoms with E-state index in [1.807, 2.05) is 6.20 Å². The van der Waals surface area contributed by atoms with E-state index in [4.69, 9.17) is 28.9 Å². The molecular weight excluding hydrogens is 931 g/mol. The number of esters is 1. The first kappa shape index (κ1) is 51.0. The maximum absolute atomic E-state index is 15.1. The summed E-state index contributed by atoms with van der Waals surface area (Å²) in [6.45, 7) is 23.3. The molecule has 7 atom stereocenters. The van der Waals surface area contributed by atoms with E-state index in [-0.39, 0.29) is 53.8 Å². The van der Waals surface area contributed by atoms with Crippen molar-refractivity contribution in [3.63, 3.8) is 0 Å². The number of thiazole rings is 1. The molecule has 4 saturated heterocycles. The van der Waals surface area contributed by atoms with Crippen molar-refractivity contribution in [2.45, 2.75) is 117 Å². The van der Waals surface area contributed by atoms with Gasteiger partial charge in [-0.1, -0.05) is 47.6 Å². The number of ether oxygens (including phenoxy) is 4. The minimum absolute atomic E-state index is 0.0256. The minimum Gasteiger partial charge on any atom is -0.464 e. The standard InChI is InChI=1S/C55H77N9O7S/c1-33-34(2)45(33)50(65)58-47-49(62-30-55(6,7)31-62)51-57-43(29-72-51)36-12-13-44-39(25-36)41(27-54(4,5)32-71-53(67)42-11-10-16-64(59-42)52(47)66)48(63(44)21-24-70-38-14-22-69-23-15-38)40-26-37(28-56-46(40)35(3)68-9)61-19-17-60(8)18-20-61/h12-13,25-26,28-29,33-35,38,42,45,47,49,59H,10-11,14-24,27,30-32H2,1-9H3,(H,58,65)/t33-,34+,35-,42-,45?,47-,49-/m0/s1. The largest absolute Gasteiger partial charge is 0.464 e. The van der Waals surface area contributed by atoms with Gasteiger partial charge >= 0.3 is 5.97 Å². The molecule has 5 fully saturated rings. The molecule has 72 heavy (non-hydrogen) atoms. The highest BCUT2D eigenvalue weighted by Gasteiger charge is 2.52. The molecule has 16 nitrogen and oxygen atoms in total. The summed E-state index contributed by atoms with van der Waals surface area (Å²) >= 11 is 1.53. The van der Waals surface area contributed by atoms with Gasteiger partial charge in [0, 0.05) is 111 Å². The number of rotatable bonds is 11. The quantitative estimate of drug-likeness (QED) is 0.150. The van der Waals surface area contributed by atoms with Crippen LogP contribution in [-0.4, -0.2) is 152 Å². The van der Waals surface area contributed by atoms with Crippen LogP contribution in [0.1, 0.15) is 103 Å². The van der Waals surface area contributed by atoms with E-state index in [1.165, 1.54) is 11.3 Å². The van der Waals surface area contributed by atoms with Crippen molar-refractivity contribution in [2.24, 2.45) is 28.6 Å². The molecule has 2 N–H and O–H groups in total. The Morgan fingerprint density at radius 2 is 1.75 bits per heavy atom. The lowest BCUT2D eigenvalue weighted by Crippen LogP contribution is -2.65. The number of nitrogens with zero attached hydrogens (tertiary/aromatic N) is 7. The van der Waals surface area contributed by atoms with Crippen molar-refractivity contribution >= 4 is 45.7 Å². The summed E-state index contributed by atoms with van der Waals surface area (Å²) in [6.07, 6.45) is 5.26. The number of amides is 2. The fourth-order valence-electron chi connectivity index (χ4n) is 11.9. The third-order valence-electron chi connectivity index (χ3n) is 16.5. The molecule has 4 aromatic rings. The number of carbonyl (C=O) groups is 3. The Bertz CT molecular complexity index is 2620. The number of likely N-dealkylation sites (tertiary alicyclic amines) is 1. The average molecular weight is 1010 g/mol. The molecule has 1 aromatic carbocycles.